The second-order valence-corrected chi connectivity index (χ2v) is 19.7. The molecule has 316 valence electrons. The lowest BCUT2D eigenvalue weighted by molar-refractivity contribution is -0.136. The average Bonchev–Trinajstić information content (AvgIpc) is 3.63. The smallest absolute Gasteiger partial charge is 0.258 e. The number of anilines is 1. The third-order valence-corrected chi connectivity index (χ3v) is 16.5. The number of aryl methyl sites for hydroxylation is 1. The highest BCUT2D eigenvalue weighted by molar-refractivity contribution is 6.06. The van der Waals surface area contributed by atoms with Crippen LogP contribution in [0.25, 0.3) is 0 Å². The summed E-state index contributed by atoms with van der Waals surface area (Å²) >= 11 is 0. The second kappa shape index (κ2) is 15.3. The molecule has 2 spiro atoms. The van der Waals surface area contributed by atoms with Crippen molar-refractivity contribution in [3.8, 4) is 11.5 Å². The number of phenolic OH excluding ortho intramolecular Hbond substituents is 1. The van der Waals surface area contributed by atoms with Gasteiger partial charge in [-0.15, -0.1) is 0 Å². The minimum absolute atomic E-state index is 0.0953. The fourth-order valence-corrected chi connectivity index (χ4v) is 12.8. The van der Waals surface area contributed by atoms with Crippen LogP contribution in [0.4, 0.5) is 5.69 Å². The number of phenols is 1. The molecule has 4 aromatic rings. The quantitative estimate of drug-likeness (QED) is 0.196. The van der Waals surface area contributed by atoms with Crippen LogP contribution in [0, 0.1) is 10.8 Å². The van der Waals surface area contributed by atoms with E-state index in [0.29, 0.717) is 48.3 Å². The van der Waals surface area contributed by atoms with E-state index in [4.69, 9.17) is 4.74 Å². The van der Waals surface area contributed by atoms with E-state index in [9.17, 15) is 19.5 Å². The van der Waals surface area contributed by atoms with Gasteiger partial charge in [0.1, 0.15) is 17.5 Å². The number of piperidine rings is 3. The monoisotopic (exact) mass is 818 g/mol. The van der Waals surface area contributed by atoms with E-state index in [0.717, 1.165) is 75.2 Å². The van der Waals surface area contributed by atoms with Crippen molar-refractivity contribution in [1.29, 1.82) is 0 Å². The Morgan fingerprint density at radius 2 is 1.43 bits per heavy atom. The predicted molar refractivity (Wildman–Crippen MR) is 235 cm³/mol. The molecule has 2 aliphatic carbocycles. The summed E-state index contributed by atoms with van der Waals surface area (Å²) in [6.45, 7) is 5.48. The molecule has 3 saturated heterocycles. The van der Waals surface area contributed by atoms with E-state index >= 15 is 0 Å². The third kappa shape index (κ3) is 7.01. The summed E-state index contributed by atoms with van der Waals surface area (Å²) in [4.78, 5) is 45.1. The number of ether oxygens (including phenoxy) is 1. The molecule has 4 aromatic carbocycles. The van der Waals surface area contributed by atoms with Gasteiger partial charge in [-0.3, -0.25) is 19.7 Å². The molecule has 1 saturated carbocycles. The number of amides is 3. The number of nitrogens with one attached hydrogen (secondary N) is 1. The first-order chi connectivity index (χ1) is 29.7. The Morgan fingerprint density at radius 3 is 2.18 bits per heavy atom. The molecule has 5 heterocycles. The van der Waals surface area contributed by atoms with Gasteiger partial charge in [-0.05, 0) is 159 Å². The van der Waals surface area contributed by atoms with Crippen molar-refractivity contribution >= 4 is 23.4 Å². The minimum Gasteiger partial charge on any atom is -0.508 e. The number of hydrogen-bond donors (Lipinski definition) is 2. The lowest BCUT2D eigenvalue weighted by Crippen LogP contribution is -2.52. The van der Waals surface area contributed by atoms with Crippen LogP contribution in [0.3, 0.4) is 0 Å². The van der Waals surface area contributed by atoms with Crippen molar-refractivity contribution in [2.45, 2.75) is 114 Å². The normalized spacial score (nSPS) is 26.1. The first-order valence-corrected chi connectivity index (χ1v) is 23.1. The minimum atomic E-state index is -0.613. The van der Waals surface area contributed by atoms with Crippen molar-refractivity contribution in [3.63, 3.8) is 0 Å². The van der Waals surface area contributed by atoms with Crippen LogP contribution in [0.1, 0.15) is 126 Å². The van der Waals surface area contributed by atoms with E-state index in [2.05, 4.69) is 87.9 Å². The molecular formula is C52H58N4O5. The molecule has 2 N–H and O–H groups in total. The number of fused-ring (bicyclic) bond motifs is 4. The van der Waals surface area contributed by atoms with Crippen LogP contribution in [-0.2, 0) is 29.0 Å². The number of hydrogen-bond acceptors (Lipinski definition) is 7. The van der Waals surface area contributed by atoms with Crippen molar-refractivity contribution in [1.82, 2.24) is 15.1 Å². The number of nitrogens with zero attached hydrogens (tertiary/aromatic N) is 3. The van der Waals surface area contributed by atoms with Crippen LogP contribution < -0.4 is 15.0 Å². The lowest BCUT2D eigenvalue weighted by Gasteiger charge is -2.51. The van der Waals surface area contributed by atoms with Gasteiger partial charge in [0.25, 0.3) is 5.91 Å². The molecule has 9 heteroatoms. The van der Waals surface area contributed by atoms with Gasteiger partial charge in [0.2, 0.25) is 11.8 Å². The van der Waals surface area contributed by atoms with Gasteiger partial charge in [-0.2, -0.15) is 0 Å². The fraction of sp³-hybridized carbons (Fsp3) is 0.481. The maximum atomic E-state index is 13.7. The molecule has 7 aliphatic rings. The number of likely N-dealkylation sites (tertiary alicyclic amines) is 1. The van der Waals surface area contributed by atoms with Gasteiger partial charge < -0.3 is 24.5 Å². The third-order valence-electron chi connectivity index (χ3n) is 16.5. The first-order valence-electron chi connectivity index (χ1n) is 23.1. The highest BCUT2D eigenvalue weighted by atomic mass is 16.5. The Balaban J connectivity index is 0.683. The Labute approximate surface area is 359 Å². The molecule has 1 unspecified atom stereocenters. The topological polar surface area (TPSA) is 102 Å². The number of aromatic hydroxyl groups is 1. The summed E-state index contributed by atoms with van der Waals surface area (Å²) < 4.78 is 6.54. The molecule has 4 fully saturated rings. The summed E-state index contributed by atoms with van der Waals surface area (Å²) in [5.41, 5.74) is 9.94. The average molecular weight is 819 g/mol. The Kier molecular flexibility index (Phi) is 9.74. The second-order valence-electron chi connectivity index (χ2n) is 19.7. The van der Waals surface area contributed by atoms with Crippen LogP contribution in [0.15, 0.2) is 84.9 Å². The van der Waals surface area contributed by atoms with Gasteiger partial charge in [-0.1, -0.05) is 60.7 Å². The van der Waals surface area contributed by atoms with Gasteiger partial charge in [-0.25, -0.2) is 0 Å². The van der Waals surface area contributed by atoms with Gasteiger partial charge in [0.05, 0.1) is 12.2 Å². The summed E-state index contributed by atoms with van der Waals surface area (Å²) in [5.74, 6) is 0.967. The van der Waals surface area contributed by atoms with E-state index in [-0.39, 0.29) is 35.5 Å². The zero-order valence-corrected chi connectivity index (χ0v) is 35.2. The molecule has 3 amide bonds. The molecular weight excluding hydrogens is 761 g/mol. The standard InChI is InChI=1S/C52H58N4O5/c57-41-13-15-43-36(30-41)10-14-42(34-4-2-1-3-5-34)46(43)35-8-11-39(12-9-35)54-26-22-51(23-27-54)20-18-40(19-21-51)55-28-24-52(25-29-55)31-37-6-7-38-32-56(44-16-17-45(58)53-49(44)59)50(60)47(38)48(37)61-33-52/h1-9,11-13,15,30,40,42,44,46,57H,10,14,16-29,31-33H2,(H,53,58,59)/t42-,44?,46+/m1/s1. The maximum absolute atomic E-state index is 13.7. The zero-order chi connectivity index (χ0) is 41.3. The molecule has 0 bridgehead atoms. The highest BCUT2D eigenvalue weighted by Crippen LogP contribution is 2.51. The van der Waals surface area contributed by atoms with E-state index in [1.165, 1.54) is 66.5 Å². The zero-order valence-electron chi connectivity index (χ0n) is 35.2. The Hall–Kier alpha value is -5.15. The van der Waals surface area contributed by atoms with Crippen molar-refractivity contribution in [2.24, 2.45) is 10.8 Å². The van der Waals surface area contributed by atoms with Crippen LogP contribution in [-0.4, -0.2) is 77.5 Å². The van der Waals surface area contributed by atoms with Gasteiger partial charge >= 0.3 is 0 Å². The SMILES string of the molecule is O=C1CCC(N2Cc3ccc4c(c3C2=O)OCC2(CCN(C3CCC5(CC3)CCN(c3ccc([C@@H]6c7ccc(O)cc7CC[C@@H]6c6ccccc6)cc3)CC5)CC2)C4)C(=O)N1. The first kappa shape index (κ1) is 38.7. The summed E-state index contributed by atoms with van der Waals surface area (Å²) in [5, 5.41) is 12.7. The maximum Gasteiger partial charge on any atom is 0.258 e. The molecule has 0 radical (unpaired) electrons. The highest BCUT2D eigenvalue weighted by Gasteiger charge is 2.46. The van der Waals surface area contributed by atoms with E-state index < -0.39 is 6.04 Å². The van der Waals surface area contributed by atoms with Crippen LogP contribution >= 0.6 is 0 Å². The van der Waals surface area contributed by atoms with E-state index in [1.54, 1.807) is 4.90 Å². The van der Waals surface area contributed by atoms with Gasteiger partial charge in [0.15, 0.2) is 0 Å². The molecule has 0 aromatic heterocycles. The van der Waals surface area contributed by atoms with Crippen molar-refractivity contribution in [3.05, 3.63) is 124 Å². The van der Waals surface area contributed by atoms with E-state index in [1.807, 2.05) is 12.1 Å². The molecule has 11 rings (SSSR count). The van der Waals surface area contributed by atoms with Crippen molar-refractivity contribution in [2.75, 3.05) is 37.7 Å². The number of carbonyl (C=O) groups excluding carboxylic acids is 3. The number of rotatable bonds is 5. The fourth-order valence-electron chi connectivity index (χ4n) is 12.8. The summed E-state index contributed by atoms with van der Waals surface area (Å²) in [6.07, 6.45) is 13.6. The van der Waals surface area contributed by atoms with Gasteiger partial charge in [0, 0.05) is 49.1 Å². The summed E-state index contributed by atoms with van der Waals surface area (Å²) in [7, 11) is 0. The van der Waals surface area contributed by atoms with Crippen molar-refractivity contribution < 1.29 is 24.2 Å². The van der Waals surface area contributed by atoms with Crippen LogP contribution in [0.5, 0.6) is 11.5 Å². The number of benzene rings is 4. The molecule has 3 atom stereocenters. The van der Waals surface area contributed by atoms with Crippen LogP contribution in [0.2, 0.25) is 0 Å². The molecule has 9 nitrogen and oxygen atoms in total. The molecule has 61 heavy (non-hydrogen) atoms. The lowest BCUT2D eigenvalue weighted by atomic mass is 9.66. The molecule has 5 aliphatic heterocycles. The predicted octanol–water partition coefficient (Wildman–Crippen LogP) is 8.26. The number of imide groups is 1. The summed E-state index contributed by atoms with van der Waals surface area (Å²) in [6, 6.07) is 30.7. The largest absolute Gasteiger partial charge is 0.508 e. The Bertz CT molecular complexity index is 2340. The Morgan fingerprint density at radius 1 is 0.689 bits per heavy atom. The number of carbonyl (C=O) groups is 3.